The Morgan fingerprint density at radius 1 is 1.35 bits per heavy atom. The van der Waals surface area contributed by atoms with E-state index in [0.29, 0.717) is 11.5 Å². The Morgan fingerprint density at radius 2 is 2.15 bits per heavy atom. The van der Waals surface area contributed by atoms with Crippen molar-refractivity contribution >= 4 is 17.4 Å². The highest BCUT2D eigenvalue weighted by atomic mass is 16.5. The molecular weight excluding hydrogens is 328 g/mol. The van der Waals surface area contributed by atoms with E-state index in [1.54, 1.807) is 0 Å². The molecule has 26 heavy (non-hydrogen) atoms. The minimum Gasteiger partial charge on any atom is -0.483 e. The Hall–Kier alpha value is -1.98. The molecule has 1 saturated carbocycles. The number of methoxy groups -OCH3 is 1. The SMILES string of the molecule is CO[C@@H]1CCC[C@]12CCCN(Cc1ccc3ncccc3c1)C2.O=CO. The molecule has 1 aromatic heterocycles. The van der Waals surface area contributed by atoms with Gasteiger partial charge in [-0.15, -0.1) is 0 Å². The number of rotatable bonds is 3. The van der Waals surface area contributed by atoms with Crippen molar-refractivity contribution in [2.24, 2.45) is 5.41 Å². The maximum atomic E-state index is 8.36. The summed E-state index contributed by atoms with van der Waals surface area (Å²) in [6, 6.07) is 10.9. The van der Waals surface area contributed by atoms with Crippen LogP contribution in [0, 0.1) is 5.41 Å². The number of pyridine rings is 1. The first kappa shape index (κ1) is 18.8. The van der Waals surface area contributed by atoms with Crippen molar-refractivity contribution in [1.82, 2.24) is 9.88 Å². The highest BCUT2D eigenvalue weighted by molar-refractivity contribution is 5.78. The van der Waals surface area contributed by atoms with Gasteiger partial charge in [-0.25, -0.2) is 0 Å². The lowest BCUT2D eigenvalue weighted by Gasteiger charge is -2.43. The number of fused-ring (bicyclic) bond motifs is 1. The van der Waals surface area contributed by atoms with E-state index in [0.717, 1.165) is 12.1 Å². The largest absolute Gasteiger partial charge is 0.483 e. The van der Waals surface area contributed by atoms with Gasteiger partial charge >= 0.3 is 0 Å². The molecule has 1 saturated heterocycles. The molecule has 2 aromatic rings. The second-order valence-electron chi connectivity index (χ2n) is 7.43. The average Bonchev–Trinajstić information content (AvgIpc) is 3.04. The van der Waals surface area contributed by atoms with Crippen molar-refractivity contribution in [2.45, 2.75) is 44.8 Å². The van der Waals surface area contributed by atoms with Gasteiger partial charge in [-0.05, 0) is 56.0 Å². The van der Waals surface area contributed by atoms with Crippen LogP contribution >= 0.6 is 0 Å². The van der Waals surface area contributed by atoms with E-state index < -0.39 is 0 Å². The third-order valence-electron chi connectivity index (χ3n) is 5.87. The quantitative estimate of drug-likeness (QED) is 0.849. The Kier molecular flexibility index (Phi) is 6.22. The Labute approximate surface area is 155 Å². The number of aromatic nitrogens is 1. The summed E-state index contributed by atoms with van der Waals surface area (Å²) in [5.41, 5.74) is 2.89. The average molecular weight is 356 g/mol. The summed E-state index contributed by atoms with van der Waals surface area (Å²) in [7, 11) is 1.90. The van der Waals surface area contributed by atoms with Crippen molar-refractivity contribution < 1.29 is 14.6 Å². The third-order valence-corrected chi connectivity index (χ3v) is 5.87. The van der Waals surface area contributed by atoms with Gasteiger partial charge in [-0.1, -0.05) is 18.6 Å². The monoisotopic (exact) mass is 356 g/mol. The van der Waals surface area contributed by atoms with Gasteiger partial charge < -0.3 is 9.84 Å². The molecule has 1 aliphatic heterocycles. The van der Waals surface area contributed by atoms with Crippen molar-refractivity contribution in [3.63, 3.8) is 0 Å². The summed E-state index contributed by atoms with van der Waals surface area (Å²) in [6.07, 6.45) is 8.87. The van der Waals surface area contributed by atoms with Gasteiger partial charge in [0.15, 0.2) is 0 Å². The fourth-order valence-electron chi connectivity index (χ4n) is 4.82. The van der Waals surface area contributed by atoms with Crippen molar-refractivity contribution in [3.05, 3.63) is 42.1 Å². The molecule has 4 rings (SSSR count). The number of piperidine rings is 1. The first-order chi connectivity index (χ1) is 12.7. The topological polar surface area (TPSA) is 62.7 Å². The van der Waals surface area contributed by atoms with Crippen LogP contribution in [-0.4, -0.2) is 47.8 Å². The highest BCUT2D eigenvalue weighted by Crippen LogP contribution is 2.46. The van der Waals surface area contributed by atoms with E-state index in [9.17, 15) is 0 Å². The number of likely N-dealkylation sites (tertiary alicyclic amines) is 1. The molecule has 1 aromatic carbocycles. The third kappa shape index (κ3) is 4.05. The molecule has 0 amide bonds. The minimum atomic E-state index is -0.250. The molecule has 2 aliphatic rings. The molecule has 2 atom stereocenters. The van der Waals surface area contributed by atoms with Crippen LogP contribution in [0.4, 0.5) is 0 Å². The van der Waals surface area contributed by atoms with Crippen LogP contribution in [-0.2, 0) is 16.1 Å². The van der Waals surface area contributed by atoms with E-state index in [2.05, 4.69) is 34.1 Å². The number of carbonyl (C=O) groups is 1. The lowest BCUT2D eigenvalue weighted by molar-refractivity contribution is -0.122. The van der Waals surface area contributed by atoms with Gasteiger partial charge in [-0.3, -0.25) is 14.7 Å². The molecule has 0 radical (unpaired) electrons. The van der Waals surface area contributed by atoms with E-state index in [1.807, 2.05) is 19.4 Å². The van der Waals surface area contributed by atoms with Gasteiger partial charge in [-0.2, -0.15) is 0 Å². The fraction of sp³-hybridized carbons (Fsp3) is 0.524. The first-order valence-electron chi connectivity index (χ1n) is 9.37. The maximum absolute atomic E-state index is 8.36. The molecule has 1 aliphatic carbocycles. The van der Waals surface area contributed by atoms with Crippen LogP contribution in [0.25, 0.3) is 10.9 Å². The number of ether oxygens (including phenoxy) is 1. The van der Waals surface area contributed by atoms with Gasteiger partial charge in [0.25, 0.3) is 6.47 Å². The van der Waals surface area contributed by atoms with Crippen LogP contribution < -0.4 is 0 Å². The fourth-order valence-corrected chi connectivity index (χ4v) is 4.82. The molecular formula is C21H28N2O3. The Morgan fingerprint density at radius 3 is 2.96 bits per heavy atom. The zero-order valence-electron chi connectivity index (χ0n) is 15.4. The Bertz CT molecular complexity index is 736. The van der Waals surface area contributed by atoms with E-state index in [-0.39, 0.29) is 6.47 Å². The predicted molar refractivity (Wildman–Crippen MR) is 102 cm³/mol. The zero-order chi connectivity index (χ0) is 18.4. The number of hydrogen-bond donors (Lipinski definition) is 1. The lowest BCUT2D eigenvalue weighted by atomic mass is 9.76. The van der Waals surface area contributed by atoms with Crippen LogP contribution in [0.5, 0.6) is 0 Å². The summed E-state index contributed by atoms with van der Waals surface area (Å²) in [4.78, 5) is 15.4. The molecule has 1 N–H and O–H groups in total. The summed E-state index contributed by atoms with van der Waals surface area (Å²) >= 11 is 0. The van der Waals surface area contributed by atoms with Crippen molar-refractivity contribution in [2.75, 3.05) is 20.2 Å². The van der Waals surface area contributed by atoms with Gasteiger partial charge in [0.2, 0.25) is 0 Å². The van der Waals surface area contributed by atoms with E-state index in [1.165, 1.54) is 56.1 Å². The normalized spacial score (nSPS) is 25.8. The summed E-state index contributed by atoms with van der Waals surface area (Å²) < 4.78 is 5.83. The molecule has 0 bridgehead atoms. The van der Waals surface area contributed by atoms with Gasteiger partial charge in [0, 0.05) is 37.2 Å². The Balaban J connectivity index is 0.000000613. The molecule has 5 nitrogen and oxygen atoms in total. The van der Waals surface area contributed by atoms with Gasteiger partial charge in [0.1, 0.15) is 0 Å². The molecule has 0 unspecified atom stereocenters. The highest BCUT2D eigenvalue weighted by Gasteiger charge is 2.45. The second kappa shape index (κ2) is 8.60. The van der Waals surface area contributed by atoms with E-state index in [4.69, 9.17) is 14.6 Å². The summed E-state index contributed by atoms with van der Waals surface area (Å²) in [5, 5.41) is 8.13. The number of carboxylic acid groups (broad SMARTS) is 1. The minimum absolute atomic E-state index is 0.250. The predicted octanol–water partition coefficient (Wildman–Crippen LogP) is 3.72. The maximum Gasteiger partial charge on any atom is 0.290 e. The smallest absolute Gasteiger partial charge is 0.290 e. The molecule has 2 heterocycles. The van der Waals surface area contributed by atoms with Crippen molar-refractivity contribution in [1.29, 1.82) is 0 Å². The van der Waals surface area contributed by atoms with E-state index >= 15 is 0 Å². The van der Waals surface area contributed by atoms with Crippen LogP contribution in [0.2, 0.25) is 0 Å². The molecule has 1 spiro atoms. The van der Waals surface area contributed by atoms with Crippen LogP contribution in [0.3, 0.4) is 0 Å². The van der Waals surface area contributed by atoms with Crippen LogP contribution in [0.15, 0.2) is 36.5 Å². The number of benzene rings is 1. The standard InChI is InChI=1S/C20H26N2O.CH2O2/c1-23-19-6-2-9-20(19)10-4-12-22(15-20)14-16-7-8-18-17(13-16)5-3-11-21-18;2-1-3/h3,5,7-8,11,13,19H,2,4,6,9-10,12,14-15H2,1H3;1H,(H,2,3)/t19-,20-;/m1./s1. The number of nitrogens with zero attached hydrogens (tertiary/aromatic N) is 2. The molecule has 140 valence electrons. The lowest BCUT2D eigenvalue weighted by Crippen LogP contribution is -2.47. The second-order valence-corrected chi connectivity index (χ2v) is 7.43. The van der Waals surface area contributed by atoms with Crippen molar-refractivity contribution in [3.8, 4) is 0 Å². The summed E-state index contributed by atoms with van der Waals surface area (Å²) in [6.45, 7) is 3.20. The summed E-state index contributed by atoms with van der Waals surface area (Å²) in [5.74, 6) is 0. The first-order valence-corrected chi connectivity index (χ1v) is 9.37. The van der Waals surface area contributed by atoms with Gasteiger partial charge in [0.05, 0.1) is 11.6 Å². The molecule has 5 heteroatoms. The zero-order valence-corrected chi connectivity index (χ0v) is 15.4. The number of hydrogen-bond acceptors (Lipinski definition) is 4. The molecule has 2 fully saturated rings. The van der Waals surface area contributed by atoms with Crippen LogP contribution in [0.1, 0.15) is 37.7 Å².